The number of halogens is 2. The van der Waals surface area contributed by atoms with E-state index in [1.165, 1.54) is 18.5 Å². The van der Waals surface area contributed by atoms with Crippen molar-refractivity contribution in [2.45, 2.75) is 13.0 Å². The molecule has 0 aliphatic carbocycles. The van der Waals surface area contributed by atoms with E-state index in [-0.39, 0.29) is 0 Å². The van der Waals surface area contributed by atoms with E-state index in [0.717, 1.165) is 0 Å². The number of aromatic nitrogens is 1. The van der Waals surface area contributed by atoms with Gasteiger partial charge in [-0.15, -0.1) is 0 Å². The van der Waals surface area contributed by atoms with Crippen LogP contribution in [0.2, 0.25) is 5.02 Å². The van der Waals surface area contributed by atoms with Gasteiger partial charge in [-0.2, -0.15) is 0 Å². The average molecular weight is 267 g/mol. The molecule has 0 fully saturated rings. The molecule has 1 heterocycles. The molecule has 1 unspecified atom stereocenters. The third kappa shape index (κ3) is 2.78. The highest BCUT2D eigenvalue weighted by Crippen LogP contribution is 2.31. The van der Waals surface area contributed by atoms with Gasteiger partial charge >= 0.3 is 0 Å². The van der Waals surface area contributed by atoms with Gasteiger partial charge in [-0.1, -0.05) is 17.7 Å². The molecular formula is C13H12ClFN2O. The van der Waals surface area contributed by atoms with Gasteiger partial charge in [0.15, 0.2) is 0 Å². The Hall–Kier alpha value is -1.65. The molecule has 0 amide bonds. The molecule has 2 aromatic rings. The van der Waals surface area contributed by atoms with E-state index >= 15 is 0 Å². The van der Waals surface area contributed by atoms with E-state index in [0.29, 0.717) is 22.1 Å². The van der Waals surface area contributed by atoms with Crippen LogP contribution in [0.5, 0.6) is 11.5 Å². The van der Waals surface area contributed by atoms with Crippen molar-refractivity contribution >= 4 is 11.6 Å². The van der Waals surface area contributed by atoms with Crippen LogP contribution in [-0.4, -0.2) is 4.98 Å². The second-order valence-corrected chi connectivity index (χ2v) is 4.32. The highest BCUT2D eigenvalue weighted by Gasteiger charge is 2.14. The minimum atomic E-state index is -0.464. The SMILES string of the molecule is CC(N)c1c(F)cccc1Oc1cncc(Cl)c1. The summed E-state index contributed by atoms with van der Waals surface area (Å²) in [5.74, 6) is 0.418. The van der Waals surface area contributed by atoms with Gasteiger partial charge in [0.05, 0.1) is 11.2 Å². The molecule has 1 aromatic heterocycles. The summed E-state index contributed by atoms with van der Waals surface area (Å²) in [7, 11) is 0. The molecule has 0 spiro atoms. The number of nitrogens with zero attached hydrogens (tertiary/aromatic N) is 1. The molecule has 0 bridgehead atoms. The fourth-order valence-corrected chi connectivity index (χ4v) is 1.79. The lowest BCUT2D eigenvalue weighted by Gasteiger charge is -2.14. The largest absolute Gasteiger partial charge is 0.455 e. The predicted octanol–water partition coefficient (Wildman–Crippen LogP) is 3.69. The first-order valence-electron chi connectivity index (χ1n) is 5.40. The van der Waals surface area contributed by atoms with Gasteiger partial charge in [0.1, 0.15) is 17.3 Å². The van der Waals surface area contributed by atoms with E-state index in [2.05, 4.69) is 4.98 Å². The Morgan fingerprint density at radius 3 is 2.83 bits per heavy atom. The van der Waals surface area contributed by atoms with Gasteiger partial charge in [-0.05, 0) is 19.1 Å². The molecule has 94 valence electrons. The Kier molecular flexibility index (Phi) is 3.79. The summed E-state index contributed by atoms with van der Waals surface area (Å²) in [5, 5.41) is 0.450. The van der Waals surface area contributed by atoms with Gasteiger partial charge in [0, 0.05) is 23.9 Å². The highest BCUT2D eigenvalue weighted by atomic mass is 35.5. The van der Waals surface area contributed by atoms with Crippen molar-refractivity contribution in [1.82, 2.24) is 4.98 Å². The van der Waals surface area contributed by atoms with Gasteiger partial charge in [-0.25, -0.2) is 4.39 Å². The summed E-state index contributed by atoms with van der Waals surface area (Å²) < 4.78 is 19.2. The third-order valence-corrected chi connectivity index (χ3v) is 2.58. The molecule has 2 N–H and O–H groups in total. The molecule has 0 radical (unpaired) electrons. The molecule has 0 saturated heterocycles. The lowest BCUT2D eigenvalue weighted by molar-refractivity contribution is 0.459. The van der Waals surface area contributed by atoms with Crippen molar-refractivity contribution in [3.05, 3.63) is 53.1 Å². The summed E-state index contributed by atoms with van der Waals surface area (Å²) in [5.41, 5.74) is 6.07. The number of nitrogens with two attached hydrogens (primary N) is 1. The van der Waals surface area contributed by atoms with Crippen LogP contribution in [-0.2, 0) is 0 Å². The van der Waals surface area contributed by atoms with Crippen molar-refractivity contribution in [2.75, 3.05) is 0 Å². The van der Waals surface area contributed by atoms with Gasteiger partial charge < -0.3 is 10.5 Å². The minimum absolute atomic E-state index is 0.331. The monoisotopic (exact) mass is 266 g/mol. The molecular weight excluding hydrogens is 255 g/mol. The van der Waals surface area contributed by atoms with Crippen LogP contribution in [0.15, 0.2) is 36.7 Å². The maximum atomic E-state index is 13.7. The number of pyridine rings is 1. The summed E-state index contributed by atoms with van der Waals surface area (Å²) in [6.07, 6.45) is 2.99. The fraction of sp³-hybridized carbons (Fsp3) is 0.154. The van der Waals surface area contributed by atoms with Crippen LogP contribution in [0.25, 0.3) is 0 Å². The molecule has 3 nitrogen and oxygen atoms in total. The van der Waals surface area contributed by atoms with Crippen molar-refractivity contribution in [3.63, 3.8) is 0 Å². The summed E-state index contributed by atoms with van der Waals surface area (Å²) in [6.45, 7) is 1.70. The Labute approximate surface area is 109 Å². The Morgan fingerprint density at radius 1 is 1.39 bits per heavy atom. The lowest BCUT2D eigenvalue weighted by atomic mass is 10.1. The topological polar surface area (TPSA) is 48.1 Å². The van der Waals surface area contributed by atoms with Crippen LogP contribution >= 0.6 is 11.6 Å². The molecule has 2 rings (SSSR count). The normalized spacial score (nSPS) is 12.2. The lowest BCUT2D eigenvalue weighted by Crippen LogP contribution is -2.09. The molecule has 0 aliphatic heterocycles. The maximum absolute atomic E-state index is 13.7. The van der Waals surface area contributed by atoms with Gasteiger partial charge in [0.25, 0.3) is 0 Å². The van der Waals surface area contributed by atoms with E-state index in [4.69, 9.17) is 22.1 Å². The zero-order valence-corrected chi connectivity index (χ0v) is 10.5. The molecule has 18 heavy (non-hydrogen) atoms. The van der Waals surface area contributed by atoms with E-state index < -0.39 is 11.9 Å². The third-order valence-electron chi connectivity index (χ3n) is 2.38. The van der Waals surface area contributed by atoms with E-state index in [9.17, 15) is 4.39 Å². The van der Waals surface area contributed by atoms with Crippen LogP contribution < -0.4 is 10.5 Å². The zero-order chi connectivity index (χ0) is 13.1. The standard InChI is InChI=1S/C13H12ClFN2O/c1-8(16)13-11(15)3-2-4-12(13)18-10-5-9(14)6-17-7-10/h2-8H,16H2,1H3. The van der Waals surface area contributed by atoms with E-state index in [1.807, 2.05) is 0 Å². The smallest absolute Gasteiger partial charge is 0.147 e. The minimum Gasteiger partial charge on any atom is -0.455 e. The van der Waals surface area contributed by atoms with E-state index in [1.54, 1.807) is 25.1 Å². The summed E-state index contributed by atoms with van der Waals surface area (Å²) in [4.78, 5) is 3.90. The number of ether oxygens (including phenoxy) is 1. The maximum Gasteiger partial charge on any atom is 0.147 e. The number of benzene rings is 1. The Bertz CT molecular complexity index is 560. The second kappa shape index (κ2) is 5.33. The Balaban J connectivity index is 2.37. The Morgan fingerprint density at radius 2 is 2.17 bits per heavy atom. The second-order valence-electron chi connectivity index (χ2n) is 3.88. The summed E-state index contributed by atoms with van der Waals surface area (Å²) >= 11 is 5.80. The van der Waals surface area contributed by atoms with Crippen LogP contribution in [0, 0.1) is 5.82 Å². The molecule has 1 aromatic carbocycles. The average Bonchev–Trinajstić information content (AvgIpc) is 2.28. The van der Waals surface area contributed by atoms with Gasteiger partial charge in [0.2, 0.25) is 0 Å². The first-order valence-corrected chi connectivity index (χ1v) is 5.78. The van der Waals surface area contributed by atoms with Crippen molar-refractivity contribution in [1.29, 1.82) is 0 Å². The first-order chi connectivity index (χ1) is 8.58. The van der Waals surface area contributed by atoms with Crippen LogP contribution in [0.3, 0.4) is 0 Å². The summed E-state index contributed by atoms with van der Waals surface area (Å²) in [6, 6.07) is 5.71. The highest BCUT2D eigenvalue weighted by molar-refractivity contribution is 6.30. The zero-order valence-electron chi connectivity index (χ0n) is 9.73. The van der Waals surface area contributed by atoms with Crippen molar-refractivity contribution in [2.24, 2.45) is 5.73 Å². The quantitative estimate of drug-likeness (QED) is 0.922. The molecule has 5 heteroatoms. The van der Waals surface area contributed by atoms with Crippen LogP contribution in [0.4, 0.5) is 4.39 Å². The number of hydrogen-bond acceptors (Lipinski definition) is 3. The molecule has 0 saturated carbocycles. The van der Waals surface area contributed by atoms with Crippen molar-refractivity contribution < 1.29 is 9.13 Å². The fourth-order valence-electron chi connectivity index (χ4n) is 1.62. The molecule has 0 aliphatic rings. The van der Waals surface area contributed by atoms with Gasteiger partial charge in [-0.3, -0.25) is 4.98 Å². The molecule has 1 atom stereocenters. The number of rotatable bonds is 3. The first kappa shape index (κ1) is 12.8. The predicted molar refractivity (Wildman–Crippen MR) is 68.3 cm³/mol. The van der Waals surface area contributed by atoms with Crippen LogP contribution in [0.1, 0.15) is 18.5 Å². The van der Waals surface area contributed by atoms with Crippen molar-refractivity contribution in [3.8, 4) is 11.5 Å². The number of hydrogen-bond donors (Lipinski definition) is 1.